The molecule has 1 aromatic heterocycles. The van der Waals surface area contributed by atoms with Gasteiger partial charge < -0.3 is 10.2 Å². The van der Waals surface area contributed by atoms with Crippen molar-refractivity contribution in [2.75, 3.05) is 0 Å². The molecule has 1 aromatic rings. The SMILES string of the molecule is CCn1cc(C(O)C2(O)CCCCC2)cn1. The molecule has 2 N–H and O–H groups in total. The number of hydrogen-bond acceptors (Lipinski definition) is 3. The fourth-order valence-electron chi connectivity index (χ4n) is 2.44. The molecule has 0 aromatic carbocycles. The number of nitrogens with zero attached hydrogens (tertiary/aromatic N) is 2. The lowest BCUT2D eigenvalue weighted by Crippen LogP contribution is -2.38. The summed E-state index contributed by atoms with van der Waals surface area (Å²) in [7, 11) is 0. The number of aromatic nitrogens is 2. The van der Waals surface area contributed by atoms with E-state index in [4.69, 9.17) is 0 Å². The largest absolute Gasteiger partial charge is 0.387 e. The Labute approximate surface area is 95.9 Å². The summed E-state index contributed by atoms with van der Waals surface area (Å²) in [6.07, 6.45) is 7.19. The average molecular weight is 224 g/mol. The van der Waals surface area contributed by atoms with Crippen molar-refractivity contribution in [1.82, 2.24) is 9.78 Å². The van der Waals surface area contributed by atoms with Gasteiger partial charge in [0, 0.05) is 18.3 Å². The van der Waals surface area contributed by atoms with E-state index < -0.39 is 11.7 Å². The average Bonchev–Trinajstić information content (AvgIpc) is 2.77. The van der Waals surface area contributed by atoms with Crippen molar-refractivity contribution in [2.24, 2.45) is 0 Å². The summed E-state index contributed by atoms with van der Waals surface area (Å²) in [6.45, 7) is 2.78. The van der Waals surface area contributed by atoms with Gasteiger partial charge in [-0.3, -0.25) is 4.68 Å². The van der Waals surface area contributed by atoms with E-state index in [1.165, 1.54) is 0 Å². The van der Waals surface area contributed by atoms with Crippen molar-refractivity contribution < 1.29 is 10.2 Å². The zero-order chi connectivity index (χ0) is 11.6. The number of aliphatic hydroxyl groups excluding tert-OH is 1. The van der Waals surface area contributed by atoms with Crippen LogP contribution in [0.25, 0.3) is 0 Å². The van der Waals surface area contributed by atoms with Crippen molar-refractivity contribution in [3.63, 3.8) is 0 Å². The molecule has 2 rings (SSSR count). The zero-order valence-electron chi connectivity index (χ0n) is 9.76. The van der Waals surface area contributed by atoms with Gasteiger partial charge in [-0.1, -0.05) is 19.3 Å². The summed E-state index contributed by atoms with van der Waals surface area (Å²) in [5.74, 6) is 0. The lowest BCUT2D eigenvalue weighted by atomic mass is 9.79. The molecule has 16 heavy (non-hydrogen) atoms. The molecule has 4 heteroatoms. The van der Waals surface area contributed by atoms with Crippen molar-refractivity contribution in [2.45, 2.75) is 57.3 Å². The lowest BCUT2D eigenvalue weighted by Gasteiger charge is -2.35. The van der Waals surface area contributed by atoms with Crippen molar-refractivity contribution in [1.29, 1.82) is 0 Å². The Morgan fingerprint density at radius 1 is 1.44 bits per heavy atom. The number of aliphatic hydroxyl groups is 2. The second-order valence-corrected chi connectivity index (χ2v) is 4.70. The van der Waals surface area contributed by atoms with Crippen molar-refractivity contribution >= 4 is 0 Å². The fraction of sp³-hybridized carbons (Fsp3) is 0.750. The predicted octanol–water partition coefficient (Wildman–Crippen LogP) is 1.63. The molecule has 0 radical (unpaired) electrons. The first-order valence-corrected chi connectivity index (χ1v) is 6.08. The van der Waals surface area contributed by atoms with Crippen molar-refractivity contribution in [3.8, 4) is 0 Å². The first-order chi connectivity index (χ1) is 7.65. The normalized spacial score (nSPS) is 21.9. The van der Waals surface area contributed by atoms with Crippen LogP contribution in [-0.4, -0.2) is 25.6 Å². The number of rotatable bonds is 3. The third-order valence-electron chi connectivity index (χ3n) is 3.52. The van der Waals surface area contributed by atoms with Gasteiger partial charge in [0.1, 0.15) is 6.10 Å². The molecule has 1 heterocycles. The molecule has 90 valence electrons. The van der Waals surface area contributed by atoms with E-state index in [0.717, 1.165) is 31.4 Å². The highest BCUT2D eigenvalue weighted by Gasteiger charge is 2.38. The van der Waals surface area contributed by atoms with Gasteiger partial charge in [0.05, 0.1) is 11.8 Å². The Morgan fingerprint density at radius 3 is 2.69 bits per heavy atom. The van der Waals surface area contributed by atoms with Crippen LogP contribution in [0, 0.1) is 0 Å². The minimum Gasteiger partial charge on any atom is -0.387 e. The lowest BCUT2D eigenvalue weighted by molar-refractivity contribution is -0.0992. The number of hydrogen-bond donors (Lipinski definition) is 2. The van der Waals surface area contributed by atoms with Crippen LogP contribution in [0.4, 0.5) is 0 Å². The van der Waals surface area contributed by atoms with E-state index in [9.17, 15) is 10.2 Å². The Hall–Kier alpha value is -0.870. The molecule has 1 unspecified atom stereocenters. The molecule has 4 nitrogen and oxygen atoms in total. The van der Waals surface area contributed by atoms with E-state index in [-0.39, 0.29) is 0 Å². The first kappa shape index (κ1) is 11.6. The molecule has 1 fully saturated rings. The van der Waals surface area contributed by atoms with Gasteiger partial charge in [0.25, 0.3) is 0 Å². The third kappa shape index (κ3) is 2.13. The quantitative estimate of drug-likeness (QED) is 0.820. The zero-order valence-corrected chi connectivity index (χ0v) is 9.76. The molecular formula is C12H20N2O2. The van der Waals surface area contributed by atoms with E-state index >= 15 is 0 Å². The summed E-state index contributed by atoms with van der Waals surface area (Å²) in [5, 5.41) is 24.7. The summed E-state index contributed by atoms with van der Waals surface area (Å²) in [5.41, 5.74) is -0.217. The van der Waals surface area contributed by atoms with Crippen LogP contribution in [0.2, 0.25) is 0 Å². The molecule has 1 aliphatic carbocycles. The maximum absolute atomic E-state index is 10.4. The molecule has 1 aliphatic rings. The fourth-order valence-corrected chi connectivity index (χ4v) is 2.44. The maximum atomic E-state index is 10.4. The van der Waals surface area contributed by atoms with Crippen LogP contribution < -0.4 is 0 Å². The van der Waals surface area contributed by atoms with Gasteiger partial charge in [0.15, 0.2) is 0 Å². The molecule has 1 atom stereocenters. The second kappa shape index (κ2) is 4.55. The van der Waals surface area contributed by atoms with E-state index in [2.05, 4.69) is 5.10 Å². The Bertz CT molecular complexity index is 343. The monoisotopic (exact) mass is 224 g/mol. The Kier molecular flexibility index (Phi) is 3.30. The van der Waals surface area contributed by atoms with Crippen LogP contribution >= 0.6 is 0 Å². The van der Waals surface area contributed by atoms with Crippen LogP contribution in [0.1, 0.15) is 50.7 Å². The van der Waals surface area contributed by atoms with Gasteiger partial charge in [-0.2, -0.15) is 5.10 Å². The predicted molar refractivity (Wildman–Crippen MR) is 60.9 cm³/mol. The van der Waals surface area contributed by atoms with E-state index in [0.29, 0.717) is 12.8 Å². The Morgan fingerprint density at radius 2 is 2.12 bits per heavy atom. The topological polar surface area (TPSA) is 58.3 Å². The van der Waals surface area contributed by atoms with Crippen LogP contribution in [0.3, 0.4) is 0 Å². The number of aryl methyl sites for hydroxylation is 1. The standard InChI is InChI=1S/C12H20N2O2/c1-2-14-9-10(8-13-14)11(15)12(16)6-4-3-5-7-12/h8-9,11,15-16H,2-7H2,1H3. The van der Waals surface area contributed by atoms with Crippen molar-refractivity contribution in [3.05, 3.63) is 18.0 Å². The minimum absolute atomic E-state index is 0.686. The smallest absolute Gasteiger partial charge is 0.111 e. The molecule has 1 saturated carbocycles. The molecular weight excluding hydrogens is 204 g/mol. The summed E-state index contributed by atoms with van der Waals surface area (Å²) in [4.78, 5) is 0. The summed E-state index contributed by atoms with van der Waals surface area (Å²) >= 11 is 0. The molecule has 0 spiro atoms. The van der Waals surface area contributed by atoms with E-state index in [1.807, 2.05) is 13.1 Å². The van der Waals surface area contributed by atoms with Gasteiger partial charge in [-0.05, 0) is 19.8 Å². The van der Waals surface area contributed by atoms with Crippen LogP contribution in [-0.2, 0) is 6.54 Å². The van der Waals surface area contributed by atoms with E-state index in [1.54, 1.807) is 10.9 Å². The molecule has 0 saturated heterocycles. The highest BCUT2D eigenvalue weighted by molar-refractivity contribution is 5.13. The van der Waals surface area contributed by atoms with Crippen LogP contribution in [0.5, 0.6) is 0 Å². The second-order valence-electron chi connectivity index (χ2n) is 4.70. The third-order valence-corrected chi connectivity index (χ3v) is 3.52. The Balaban J connectivity index is 2.13. The summed E-state index contributed by atoms with van der Waals surface area (Å²) in [6, 6.07) is 0. The minimum atomic E-state index is -0.945. The highest BCUT2D eigenvalue weighted by Crippen LogP contribution is 2.38. The van der Waals surface area contributed by atoms with Gasteiger partial charge in [0.2, 0.25) is 0 Å². The molecule has 0 aliphatic heterocycles. The van der Waals surface area contributed by atoms with Gasteiger partial charge in [-0.15, -0.1) is 0 Å². The molecule has 0 bridgehead atoms. The first-order valence-electron chi connectivity index (χ1n) is 6.08. The summed E-state index contributed by atoms with van der Waals surface area (Å²) < 4.78 is 1.77. The maximum Gasteiger partial charge on any atom is 0.111 e. The van der Waals surface area contributed by atoms with Crippen LogP contribution in [0.15, 0.2) is 12.4 Å². The molecule has 0 amide bonds. The van der Waals surface area contributed by atoms with Gasteiger partial charge in [-0.25, -0.2) is 0 Å². The van der Waals surface area contributed by atoms with Gasteiger partial charge >= 0.3 is 0 Å². The highest BCUT2D eigenvalue weighted by atomic mass is 16.3.